The van der Waals surface area contributed by atoms with Crippen molar-refractivity contribution in [3.8, 4) is 0 Å². The van der Waals surface area contributed by atoms with Gasteiger partial charge < -0.3 is 10.4 Å². The third-order valence-electron chi connectivity index (χ3n) is 4.64. The van der Waals surface area contributed by atoms with Crippen molar-refractivity contribution in [1.82, 2.24) is 10.2 Å². The molecule has 0 aliphatic heterocycles. The average molecular weight is 298 g/mol. The van der Waals surface area contributed by atoms with Gasteiger partial charge in [-0.2, -0.15) is 0 Å². The lowest BCUT2D eigenvalue weighted by atomic mass is 9.80. The molecule has 1 saturated carbocycles. The third-order valence-corrected chi connectivity index (χ3v) is 4.64. The van der Waals surface area contributed by atoms with Crippen molar-refractivity contribution < 1.29 is 14.7 Å². The second-order valence-electron chi connectivity index (χ2n) is 6.30. The number of nitrogens with zero attached hydrogens (tertiary/aromatic N) is 1. The fraction of sp³-hybridized carbons (Fsp3) is 0.875. The summed E-state index contributed by atoms with van der Waals surface area (Å²) in [6.07, 6.45) is 6.19. The Balaban J connectivity index is 2.54. The van der Waals surface area contributed by atoms with E-state index in [1.54, 1.807) is 6.92 Å². The predicted octanol–water partition coefficient (Wildman–Crippen LogP) is 2.11. The molecule has 0 radical (unpaired) electrons. The van der Waals surface area contributed by atoms with Gasteiger partial charge in [-0.3, -0.25) is 14.5 Å². The highest BCUT2D eigenvalue weighted by molar-refractivity contribution is 5.73. The average Bonchev–Trinajstić information content (AvgIpc) is 2.45. The molecular weight excluding hydrogens is 268 g/mol. The van der Waals surface area contributed by atoms with E-state index in [9.17, 15) is 14.7 Å². The van der Waals surface area contributed by atoms with E-state index < -0.39 is 12.0 Å². The summed E-state index contributed by atoms with van der Waals surface area (Å²) in [7, 11) is 0. The first-order valence-corrected chi connectivity index (χ1v) is 8.15. The summed E-state index contributed by atoms with van der Waals surface area (Å²) in [6, 6.07) is -0.499. The molecule has 122 valence electrons. The third kappa shape index (κ3) is 6.46. The molecule has 1 rings (SSSR count). The standard InChI is InChI=1S/C16H30N2O3/c1-4-14-6-5-7-15(10-14)11-18(12(2)16(20)21)9-8-17-13(3)19/h12,14-15H,4-11H2,1-3H3,(H,17,19)(H,20,21). The highest BCUT2D eigenvalue weighted by Crippen LogP contribution is 2.31. The molecule has 1 aliphatic carbocycles. The van der Waals surface area contributed by atoms with Crippen LogP contribution in [0.4, 0.5) is 0 Å². The van der Waals surface area contributed by atoms with Crippen LogP contribution < -0.4 is 5.32 Å². The van der Waals surface area contributed by atoms with E-state index in [4.69, 9.17) is 0 Å². The number of carbonyl (C=O) groups is 2. The Hall–Kier alpha value is -1.10. The molecule has 0 aromatic rings. The highest BCUT2D eigenvalue weighted by atomic mass is 16.4. The maximum absolute atomic E-state index is 11.3. The van der Waals surface area contributed by atoms with Crippen LogP contribution in [0.1, 0.15) is 52.9 Å². The van der Waals surface area contributed by atoms with E-state index >= 15 is 0 Å². The number of aliphatic carboxylic acids is 1. The molecule has 5 nitrogen and oxygen atoms in total. The van der Waals surface area contributed by atoms with E-state index in [0.717, 1.165) is 12.5 Å². The van der Waals surface area contributed by atoms with Crippen LogP contribution >= 0.6 is 0 Å². The number of carboxylic acid groups (broad SMARTS) is 1. The summed E-state index contributed by atoms with van der Waals surface area (Å²) in [4.78, 5) is 24.2. The van der Waals surface area contributed by atoms with Gasteiger partial charge in [-0.15, -0.1) is 0 Å². The molecule has 3 atom stereocenters. The maximum atomic E-state index is 11.3. The van der Waals surface area contributed by atoms with Gasteiger partial charge in [0.15, 0.2) is 0 Å². The SMILES string of the molecule is CCC1CCCC(CN(CCNC(C)=O)C(C)C(=O)O)C1. The van der Waals surface area contributed by atoms with Crippen LogP contribution in [0, 0.1) is 11.8 Å². The Morgan fingerprint density at radius 2 is 2.00 bits per heavy atom. The van der Waals surface area contributed by atoms with Crippen LogP contribution in [0.25, 0.3) is 0 Å². The zero-order valence-corrected chi connectivity index (χ0v) is 13.6. The summed E-state index contributed by atoms with van der Waals surface area (Å²) in [5, 5.41) is 12.0. The fourth-order valence-electron chi connectivity index (χ4n) is 3.25. The number of hydrogen-bond acceptors (Lipinski definition) is 3. The van der Waals surface area contributed by atoms with Crippen LogP contribution in [0.2, 0.25) is 0 Å². The van der Waals surface area contributed by atoms with Crippen molar-refractivity contribution in [1.29, 1.82) is 0 Å². The molecule has 0 bridgehead atoms. The van der Waals surface area contributed by atoms with Crippen LogP contribution in [-0.2, 0) is 9.59 Å². The van der Waals surface area contributed by atoms with Gasteiger partial charge in [-0.05, 0) is 31.6 Å². The molecule has 1 amide bonds. The largest absolute Gasteiger partial charge is 0.480 e. The van der Waals surface area contributed by atoms with Crippen molar-refractivity contribution >= 4 is 11.9 Å². The normalized spacial score (nSPS) is 23.8. The van der Waals surface area contributed by atoms with Crippen molar-refractivity contribution in [2.24, 2.45) is 11.8 Å². The second kappa shape index (κ2) is 9.03. The van der Waals surface area contributed by atoms with Crippen LogP contribution in [0.15, 0.2) is 0 Å². The van der Waals surface area contributed by atoms with Crippen LogP contribution in [0.5, 0.6) is 0 Å². The summed E-state index contributed by atoms with van der Waals surface area (Å²) < 4.78 is 0. The molecule has 1 aliphatic rings. The number of carboxylic acids is 1. The molecule has 3 unspecified atom stereocenters. The van der Waals surface area contributed by atoms with Crippen molar-refractivity contribution in [2.75, 3.05) is 19.6 Å². The van der Waals surface area contributed by atoms with Crippen LogP contribution in [0.3, 0.4) is 0 Å². The molecule has 0 aromatic carbocycles. The molecule has 0 heterocycles. The summed E-state index contributed by atoms with van der Waals surface area (Å²) in [5.74, 6) is 0.520. The minimum Gasteiger partial charge on any atom is -0.480 e. The number of rotatable bonds is 8. The lowest BCUT2D eigenvalue weighted by Gasteiger charge is -2.34. The Morgan fingerprint density at radius 1 is 1.33 bits per heavy atom. The first-order valence-electron chi connectivity index (χ1n) is 8.15. The minimum absolute atomic E-state index is 0.0679. The Bertz CT molecular complexity index is 346. The van der Waals surface area contributed by atoms with Gasteiger partial charge in [0.05, 0.1) is 0 Å². The Kier molecular flexibility index (Phi) is 7.72. The summed E-state index contributed by atoms with van der Waals surface area (Å²) in [6.45, 7) is 7.39. The number of amides is 1. The van der Waals surface area contributed by atoms with E-state index in [-0.39, 0.29) is 5.91 Å². The van der Waals surface area contributed by atoms with Gasteiger partial charge in [0.25, 0.3) is 0 Å². The zero-order chi connectivity index (χ0) is 15.8. The lowest BCUT2D eigenvalue weighted by Crippen LogP contribution is -2.46. The highest BCUT2D eigenvalue weighted by Gasteiger charge is 2.27. The van der Waals surface area contributed by atoms with Gasteiger partial charge in [-0.1, -0.05) is 26.2 Å². The molecule has 0 spiro atoms. The predicted molar refractivity (Wildman–Crippen MR) is 83.1 cm³/mol. The van der Waals surface area contributed by atoms with E-state index in [1.807, 2.05) is 4.90 Å². The van der Waals surface area contributed by atoms with Gasteiger partial charge in [0.2, 0.25) is 5.91 Å². The summed E-state index contributed by atoms with van der Waals surface area (Å²) in [5.41, 5.74) is 0. The zero-order valence-electron chi connectivity index (χ0n) is 13.6. The number of nitrogens with one attached hydrogen (secondary N) is 1. The molecule has 1 fully saturated rings. The molecular formula is C16H30N2O3. The fourth-order valence-corrected chi connectivity index (χ4v) is 3.25. The number of carbonyl (C=O) groups excluding carboxylic acids is 1. The van der Waals surface area contributed by atoms with E-state index in [0.29, 0.717) is 19.0 Å². The molecule has 5 heteroatoms. The molecule has 2 N–H and O–H groups in total. The smallest absolute Gasteiger partial charge is 0.320 e. The van der Waals surface area contributed by atoms with Crippen molar-refractivity contribution in [3.05, 3.63) is 0 Å². The monoisotopic (exact) mass is 298 g/mol. The first kappa shape index (κ1) is 18.0. The minimum atomic E-state index is -0.791. The molecule has 0 aromatic heterocycles. The van der Waals surface area contributed by atoms with Gasteiger partial charge >= 0.3 is 5.97 Å². The molecule has 21 heavy (non-hydrogen) atoms. The maximum Gasteiger partial charge on any atom is 0.320 e. The van der Waals surface area contributed by atoms with Crippen LogP contribution in [-0.4, -0.2) is 47.6 Å². The second-order valence-corrected chi connectivity index (χ2v) is 6.30. The Morgan fingerprint density at radius 3 is 2.57 bits per heavy atom. The van der Waals surface area contributed by atoms with Gasteiger partial charge in [0, 0.05) is 26.6 Å². The quantitative estimate of drug-likeness (QED) is 0.720. The van der Waals surface area contributed by atoms with Gasteiger partial charge in [0.1, 0.15) is 6.04 Å². The van der Waals surface area contributed by atoms with Crippen molar-refractivity contribution in [3.63, 3.8) is 0 Å². The lowest BCUT2D eigenvalue weighted by molar-refractivity contribution is -0.142. The summed E-state index contributed by atoms with van der Waals surface area (Å²) >= 11 is 0. The number of hydrogen-bond donors (Lipinski definition) is 2. The first-order chi connectivity index (χ1) is 9.93. The topological polar surface area (TPSA) is 69.6 Å². The Labute approximate surface area is 128 Å². The van der Waals surface area contributed by atoms with E-state index in [1.165, 1.54) is 39.0 Å². The van der Waals surface area contributed by atoms with Crippen molar-refractivity contribution in [2.45, 2.75) is 58.9 Å². The van der Waals surface area contributed by atoms with Gasteiger partial charge in [-0.25, -0.2) is 0 Å². The van der Waals surface area contributed by atoms with E-state index in [2.05, 4.69) is 12.2 Å². The molecule has 0 saturated heterocycles.